The van der Waals surface area contributed by atoms with Crippen LogP contribution in [0.15, 0.2) is 30.3 Å². The summed E-state index contributed by atoms with van der Waals surface area (Å²) in [5, 5.41) is 6.13. The van der Waals surface area contributed by atoms with Gasteiger partial charge < -0.3 is 5.73 Å². The summed E-state index contributed by atoms with van der Waals surface area (Å²) in [5.41, 5.74) is 5.28. The van der Waals surface area contributed by atoms with Gasteiger partial charge in [-0.1, -0.05) is 24.3 Å². The fourth-order valence-corrected chi connectivity index (χ4v) is 1.90. The Bertz CT molecular complexity index is 597. The van der Waals surface area contributed by atoms with Crippen LogP contribution >= 0.6 is 0 Å². The molecule has 0 bridgehead atoms. The van der Waals surface area contributed by atoms with Crippen molar-refractivity contribution >= 4 is 5.82 Å². The third kappa shape index (κ3) is 3.29. The van der Waals surface area contributed by atoms with E-state index in [0.717, 1.165) is 24.3 Å². The summed E-state index contributed by atoms with van der Waals surface area (Å²) >= 11 is 0. The van der Waals surface area contributed by atoms with Crippen molar-refractivity contribution in [2.45, 2.75) is 18.3 Å². The van der Waals surface area contributed by atoms with Gasteiger partial charge in [-0.2, -0.15) is 31.4 Å². The number of rotatable bonds is 2. The molecule has 114 valence electrons. The summed E-state index contributed by atoms with van der Waals surface area (Å²) < 4.78 is 75.5. The van der Waals surface area contributed by atoms with Crippen LogP contribution in [0.4, 0.5) is 32.2 Å². The lowest BCUT2D eigenvalue weighted by atomic mass is 9.96. The maximum atomic E-state index is 12.6. The molecule has 0 amide bonds. The van der Waals surface area contributed by atoms with E-state index in [0.29, 0.717) is 11.3 Å². The molecule has 1 aromatic heterocycles. The Kier molecular flexibility index (Phi) is 3.60. The molecule has 9 heteroatoms. The molecule has 3 N–H and O–H groups in total. The van der Waals surface area contributed by atoms with Crippen molar-refractivity contribution in [1.82, 2.24) is 10.2 Å². The number of halogens is 6. The van der Waals surface area contributed by atoms with Gasteiger partial charge in [-0.25, -0.2) is 0 Å². The number of nitrogen functional groups attached to an aromatic ring is 1. The van der Waals surface area contributed by atoms with Crippen molar-refractivity contribution in [3.63, 3.8) is 0 Å². The van der Waals surface area contributed by atoms with Crippen molar-refractivity contribution in [2.24, 2.45) is 0 Å². The molecule has 0 fully saturated rings. The fourth-order valence-electron chi connectivity index (χ4n) is 1.90. The second-order valence-corrected chi connectivity index (χ2v) is 4.34. The van der Waals surface area contributed by atoms with Gasteiger partial charge in [0.1, 0.15) is 5.82 Å². The topological polar surface area (TPSA) is 54.7 Å². The molecule has 0 saturated carbocycles. The van der Waals surface area contributed by atoms with Crippen molar-refractivity contribution in [2.75, 3.05) is 5.73 Å². The lowest BCUT2D eigenvalue weighted by Crippen LogP contribution is -2.34. The van der Waals surface area contributed by atoms with Crippen molar-refractivity contribution in [3.05, 3.63) is 35.9 Å². The molecule has 0 radical (unpaired) electrons. The van der Waals surface area contributed by atoms with Crippen LogP contribution in [0.3, 0.4) is 0 Å². The van der Waals surface area contributed by atoms with Crippen molar-refractivity contribution in [1.29, 1.82) is 0 Å². The van der Waals surface area contributed by atoms with Gasteiger partial charge in [0, 0.05) is 6.07 Å². The number of nitrogens with zero attached hydrogens (tertiary/aromatic N) is 1. The number of benzene rings is 1. The average Bonchev–Trinajstić information content (AvgIpc) is 2.73. The van der Waals surface area contributed by atoms with E-state index in [-0.39, 0.29) is 5.82 Å². The molecule has 3 nitrogen and oxygen atoms in total. The number of nitrogens with one attached hydrogen (secondary N) is 1. The van der Waals surface area contributed by atoms with Gasteiger partial charge >= 0.3 is 12.4 Å². The number of H-pyrrole nitrogens is 1. The quantitative estimate of drug-likeness (QED) is 0.828. The minimum Gasteiger partial charge on any atom is -0.382 e. The number of nitrogens with two attached hydrogens (primary N) is 1. The van der Waals surface area contributed by atoms with Crippen molar-refractivity contribution in [3.8, 4) is 11.3 Å². The molecule has 0 aliphatic rings. The summed E-state index contributed by atoms with van der Waals surface area (Å²) in [7, 11) is 0. The first-order chi connectivity index (χ1) is 9.59. The molecule has 0 aliphatic carbocycles. The molecular weight excluding hydrogens is 300 g/mol. The molecular formula is C12H9F6N3. The van der Waals surface area contributed by atoms with Crippen LogP contribution in [0.2, 0.25) is 0 Å². The lowest BCUT2D eigenvalue weighted by Gasteiger charge is -2.23. The molecule has 0 spiro atoms. The van der Waals surface area contributed by atoms with Gasteiger partial charge in [0.05, 0.1) is 5.69 Å². The summed E-state index contributed by atoms with van der Waals surface area (Å²) in [4.78, 5) is 0. The van der Waals surface area contributed by atoms with E-state index in [2.05, 4.69) is 10.2 Å². The van der Waals surface area contributed by atoms with E-state index in [1.165, 1.54) is 6.07 Å². The summed E-state index contributed by atoms with van der Waals surface area (Å²) in [5.74, 6) is -3.34. The Morgan fingerprint density at radius 2 is 1.48 bits per heavy atom. The zero-order valence-electron chi connectivity index (χ0n) is 10.3. The Morgan fingerprint density at radius 3 is 1.86 bits per heavy atom. The molecule has 1 aromatic carbocycles. The Balaban J connectivity index is 2.37. The minimum atomic E-state index is -5.40. The first-order valence-electron chi connectivity index (χ1n) is 5.63. The van der Waals surface area contributed by atoms with Crippen LogP contribution in [0.25, 0.3) is 11.3 Å². The van der Waals surface area contributed by atoms with Gasteiger partial charge in [0.2, 0.25) is 0 Å². The number of alkyl halides is 6. The van der Waals surface area contributed by atoms with Gasteiger partial charge in [0.15, 0.2) is 5.92 Å². The fraction of sp³-hybridized carbons (Fsp3) is 0.250. The van der Waals surface area contributed by atoms with E-state index in [4.69, 9.17) is 5.73 Å². The highest BCUT2D eigenvalue weighted by atomic mass is 19.4. The van der Waals surface area contributed by atoms with E-state index in [1.54, 1.807) is 0 Å². The van der Waals surface area contributed by atoms with Crippen LogP contribution < -0.4 is 5.73 Å². The zero-order valence-corrected chi connectivity index (χ0v) is 10.3. The van der Waals surface area contributed by atoms with Crippen LogP contribution in [-0.4, -0.2) is 22.5 Å². The highest BCUT2D eigenvalue weighted by Gasteiger charge is 2.57. The van der Waals surface area contributed by atoms with E-state index < -0.39 is 23.8 Å². The van der Waals surface area contributed by atoms with E-state index in [9.17, 15) is 26.3 Å². The van der Waals surface area contributed by atoms with Crippen LogP contribution in [-0.2, 0) is 0 Å². The standard InChI is InChI=1S/C12H9F6N3/c13-11(14,15)10(12(16,17)18)7-3-1-6(2-4-7)8-5-9(19)21-20-8/h1-5,10H,(H3,19,20,21). The number of hydrogen-bond acceptors (Lipinski definition) is 2. The Morgan fingerprint density at radius 1 is 0.952 bits per heavy atom. The van der Waals surface area contributed by atoms with Gasteiger partial charge in [-0.15, -0.1) is 0 Å². The average molecular weight is 309 g/mol. The predicted octanol–water partition coefficient (Wildman–Crippen LogP) is 3.87. The van der Waals surface area contributed by atoms with E-state index >= 15 is 0 Å². The van der Waals surface area contributed by atoms with E-state index in [1.807, 2.05) is 0 Å². The second-order valence-electron chi connectivity index (χ2n) is 4.34. The zero-order chi connectivity index (χ0) is 15.8. The SMILES string of the molecule is Nc1cc(-c2ccc(C(C(F)(F)F)C(F)(F)F)cc2)[nH]n1. The minimum absolute atomic E-state index is 0.164. The normalized spacial score (nSPS) is 12.9. The largest absolute Gasteiger partial charge is 0.404 e. The highest BCUT2D eigenvalue weighted by Crippen LogP contribution is 2.46. The number of aromatic amines is 1. The first-order valence-corrected chi connectivity index (χ1v) is 5.63. The third-order valence-electron chi connectivity index (χ3n) is 2.81. The van der Waals surface area contributed by atoms with Crippen LogP contribution in [0.1, 0.15) is 11.5 Å². The molecule has 0 atom stereocenters. The molecule has 21 heavy (non-hydrogen) atoms. The predicted molar refractivity (Wildman–Crippen MR) is 63.3 cm³/mol. The first kappa shape index (κ1) is 15.2. The Labute approximate surface area is 114 Å². The Hall–Kier alpha value is -2.19. The summed E-state index contributed by atoms with van der Waals surface area (Å²) in [6, 6.07) is 5.29. The third-order valence-corrected chi connectivity index (χ3v) is 2.81. The molecule has 0 aliphatic heterocycles. The monoisotopic (exact) mass is 309 g/mol. The van der Waals surface area contributed by atoms with Crippen LogP contribution in [0.5, 0.6) is 0 Å². The summed E-state index contributed by atoms with van der Waals surface area (Å²) in [6.07, 6.45) is -10.8. The van der Waals surface area contributed by atoms with Gasteiger partial charge in [0.25, 0.3) is 0 Å². The molecule has 2 rings (SSSR count). The molecule has 1 heterocycles. The molecule has 2 aromatic rings. The van der Waals surface area contributed by atoms with Crippen molar-refractivity contribution < 1.29 is 26.3 Å². The molecule has 0 unspecified atom stereocenters. The maximum absolute atomic E-state index is 12.6. The van der Waals surface area contributed by atoms with Gasteiger partial charge in [-0.05, 0) is 11.1 Å². The summed E-state index contributed by atoms with van der Waals surface area (Å²) in [6.45, 7) is 0. The maximum Gasteiger partial charge on any atom is 0.404 e. The second kappa shape index (κ2) is 4.97. The number of aromatic nitrogens is 2. The smallest absolute Gasteiger partial charge is 0.382 e. The van der Waals surface area contributed by atoms with Gasteiger partial charge in [-0.3, -0.25) is 5.10 Å². The highest BCUT2D eigenvalue weighted by molar-refractivity contribution is 5.62. The number of hydrogen-bond donors (Lipinski definition) is 2. The lowest BCUT2D eigenvalue weighted by molar-refractivity contribution is -0.253. The van der Waals surface area contributed by atoms with Crippen LogP contribution in [0, 0.1) is 0 Å². The number of anilines is 1. The molecule has 0 saturated heterocycles.